The fourth-order valence-corrected chi connectivity index (χ4v) is 1.70. The van der Waals surface area contributed by atoms with E-state index >= 15 is 0 Å². The number of hydrogen-bond acceptors (Lipinski definition) is 3. The van der Waals surface area contributed by atoms with E-state index in [0.29, 0.717) is 13.1 Å². The lowest BCUT2D eigenvalue weighted by molar-refractivity contribution is -0.139. The minimum atomic E-state index is -0.478. The molecule has 1 unspecified atom stereocenters. The molecule has 2 amide bonds. The van der Waals surface area contributed by atoms with Gasteiger partial charge in [0.05, 0.1) is 12.5 Å². The van der Waals surface area contributed by atoms with Crippen LogP contribution in [0.25, 0.3) is 0 Å². The standard InChI is InChI=1S/C12H25N3O2/c1-4-5-6-15(8-11(14)16)12(17)10(7-13)9(2)3/h9-10H,4-8,13H2,1-3H3,(H2,14,16). The van der Waals surface area contributed by atoms with Crippen molar-refractivity contribution >= 4 is 11.8 Å². The molecule has 0 spiro atoms. The Labute approximate surface area is 104 Å². The van der Waals surface area contributed by atoms with Crippen molar-refractivity contribution < 1.29 is 9.59 Å². The van der Waals surface area contributed by atoms with E-state index in [-0.39, 0.29) is 24.3 Å². The molecule has 0 aliphatic carbocycles. The van der Waals surface area contributed by atoms with Gasteiger partial charge in [0.2, 0.25) is 11.8 Å². The smallest absolute Gasteiger partial charge is 0.237 e. The van der Waals surface area contributed by atoms with Crippen LogP contribution in [0.4, 0.5) is 0 Å². The van der Waals surface area contributed by atoms with E-state index < -0.39 is 5.91 Å². The van der Waals surface area contributed by atoms with E-state index in [1.807, 2.05) is 20.8 Å². The molecule has 0 aromatic carbocycles. The van der Waals surface area contributed by atoms with Crippen molar-refractivity contribution in [2.75, 3.05) is 19.6 Å². The summed E-state index contributed by atoms with van der Waals surface area (Å²) >= 11 is 0. The molecule has 0 aromatic heterocycles. The van der Waals surface area contributed by atoms with E-state index in [2.05, 4.69) is 0 Å². The fourth-order valence-electron chi connectivity index (χ4n) is 1.70. The number of carbonyl (C=O) groups is 2. The minimum Gasteiger partial charge on any atom is -0.368 e. The normalized spacial score (nSPS) is 12.5. The molecule has 0 aromatic rings. The number of nitrogens with zero attached hydrogens (tertiary/aromatic N) is 1. The predicted molar refractivity (Wildman–Crippen MR) is 68.1 cm³/mol. The van der Waals surface area contributed by atoms with Crippen molar-refractivity contribution in [1.82, 2.24) is 4.90 Å². The Morgan fingerprint density at radius 3 is 2.24 bits per heavy atom. The Kier molecular flexibility index (Phi) is 7.54. The summed E-state index contributed by atoms with van der Waals surface area (Å²) < 4.78 is 0. The summed E-state index contributed by atoms with van der Waals surface area (Å²) in [4.78, 5) is 24.7. The maximum Gasteiger partial charge on any atom is 0.237 e. The van der Waals surface area contributed by atoms with Gasteiger partial charge in [-0.15, -0.1) is 0 Å². The average Bonchev–Trinajstić information content (AvgIpc) is 2.23. The molecule has 5 nitrogen and oxygen atoms in total. The highest BCUT2D eigenvalue weighted by Gasteiger charge is 2.26. The Balaban J connectivity index is 4.64. The molecule has 0 fully saturated rings. The van der Waals surface area contributed by atoms with Gasteiger partial charge in [0, 0.05) is 13.1 Å². The second kappa shape index (κ2) is 8.06. The van der Waals surface area contributed by atoms with Crippen molar-refractivity contribution in [3.8, 4) is 0 Å². The zero-order valence-corrected chi connectivity index (χ0v) is 11.1. The first-order chi connectivity index (χ1) is 7.93. The Hall–Kier alpha value is -1.10. The maximum atomic E-state index is 12.2. The monoisotopic (exact) mass is 243 g/mol. The molecular weight excluding hydrogens is 218 g/mol. The third-order valence-electron chi connectivity index (χ3n) is 2.82. The number of hydrogen-bond donors (Lipinski definition) is 2. The predicted octanol–water partition coefficient (Wildman–Crippen LogP) is 0.331. The van der Waals surface area contributed by atoms with E-state index in [1.165, 1.54) is 4.90 Å². The van der Waals surface area contributed by atoms with Gasteiger partial charge in [0.25, 0.3) is 0 Å². The van der Waals surface area contributed by atoms with Crippen molar-refractivity contribution in [3.05, 3.63) is 0 Å². The highest BCUT2D eigenvalue weighted by atomic mass is 16.2. The average molecular weight is 243 g/mol. The first-order valence-electron chi connectivity index (χ1n) is 6.21. The lowest BCUT2D eigenvalue weighted by Gasteiger charge is -2.27. The second-order valence-corrected chi connectivity index (χ2v) is 4.67. The lowest BCUT2D eigenvalue weighted by Crippen LogP contribution is -2.45. The third kappa shape index (κ3) is 5.68. The molecule has 0 saturated carbocycles. The van der Waals surface area contributed by atoms with Crippen LogP contribution in [0.5, 0.6) is 0 Å². The van der Waals surface area contributed by atoms with Crippen molar-refractivity contribution in [2.45, 2.75) is 33.6 Å². The van der Waals surface area contributed by atoms with Crippen LogP contribution in [0.3, 0.4) is 0 Å². The molecule has 0 heterocycles. The van der Waals surface area contributed by atoms with Gasteiger partial charge in [0.15, 0.2) is 0 Å². The number of carbonyl (C=O) groups excluding carboxylic acids is 2. The van der Waals surface area contributed by atoms with Crippen molar-refractivity contribution in [3.63, 3.8) is 0 Å². The van der Waals surface area contributed by atoms with E-state index in [0.717, 1.165) is 12.8 Å². The molecule has 0 radical (unpaired) electrons. The molecule has 1 atom stereocenters. The summed E-state index contributed by atoms with van der Waals surface area (Å²) in [6.07, 6.45) is 1.84. The fraction of sp³-hybridized carbons (Fsp3) is 0.833. The summed E-state index contributed by atoms with van der Waals surface area (Å²) in [5.74, 6) is -0.598. The molecule has 0 aliphatic rings. The van der Waals surface area contributed by atoms with Crippen LogP contribution in [-0.4, -0.2) is 36.3 Å². The van der Waals surface area contributed by atoms with Crippen LogP contribution in [0.1, 0.15) is 33.6 Å². The van der Waals surface area contributed by atoms with Crippen LogP contribution >= 0.6 is 0 Å². The molecule has 0 saturated heterocycles. The van der Waals surface area contributed by atoms with Crippen LogP contribution in [0.15, 0.2) is 0 Å². The second-order valence-electron chi connectivity index (χ2n) is 4.67. The lowest BCUT2D eigenvalue weighted by atomic mass is 9.94. The highest BCUT2D eigenvalue weighted by molar-refractivity contribution is 5.85. The molecule has 100 valence electrons. The summed E-state index contributed by atoms with van der Waals surface area (Å²) in [5, 5.41) is 0. The Bertz CT molecular complexity index is 254. The quantitative estimate of drug-likeness (QED) is 0.644. The van der Waals surface area contributed by atoms with Gasteiger partial charge < -0.3 is 16.4 Å². The van der Waals surface area contributed by atoms with Crippen LogP contribution < -0.4 is 11.5 Å². The minimum absolute atomic E-state index is 0.0119. The molecular formula is C12H25N3O2. The van der Waals surface area contributed by atoms with Gasteiger partial charge in [0.1, 0.15) is 0 Å². The Morgan fingerprint density at radius 2 is 1.88 bits per heavy atom. The van der Waals surface area contributed by atoms with Crippen molar-refractivity contribution in [1.29, 1.82) is 0 Å². The number of amides is 2. The molecule has 0 bridgehead atoms. The summed E-state index contributed by atoms with van der Waals surface area (Å²) in [6, 6.07) is 0. The van der Waals surface area contributed by atoms with Crippen LogP contribution in [0.2, 0.25) is 0 Å². The van der Waals surface area contributed by atoms with E-state index in [9.17, 15) is 9.59 Å². The Morgan fingerprint density at radius 1 is 1.29 bits per heavy atom. The zero-order valence-electron chi connectivity index (χ0n) is 11.1. The highest BCUT2D eigenvalue weighted by Crippen LogP contribution is 2.13. The molecule has 4 N–H and O–H groups in total. The number of unbranched alkanes of at least 4 members (excludes halogenated alkanes) is 1. The van der Waals surface area contributed by atoms with E-state index in [1.54, 1.807) is 0 Å². The number of primary amides is 1. The van der Waals surface area contributed by atoms with E-state index in [4.69, 9.17) is 11.5 Å². The molecule has 0 aliphatic heterocycles. The zero-order chi connectivity index (χ0) is 13.4. The van der Waals surface area contributed by atoms with Gasteiger partial charge in [-0.1, -0.05) is 27.2 Å². The first-order valence-corrected chi connectivity index (χ1v) is 6.21. The summed E-state index contributed by atoms with van der Waals surface area (Å²) in [6.45, 7) is 6.81. The number of rotatable bonds is 8. The van der Waals surface area contributed by atoms with Gasteiger partial charge in [-0.25, -0.2) is 0 Å². The molecule has 5 heteroatoms. The first kappa shape index (κ1) is 15.9. The maximum absolute atomic E-state index is 12.2. The molecule has 17 heavy (non-hydrogen) atoms. The topological polar surface area (TPSA) is 89.4 Å². The third-order valence-corrected chi connectivity index (χ3v) is 2.82. The SMILES string of the molecule is CCCCN(CC(N)=O)C(=O)C(CN)C(C)C. The summed E-state index contributed by atoms with van der Waals surface area (Å²) in [5.41, 5.74) is 10.8. The van der Waals surface area contributed by atoms with Gasteiger partial charge in [-0.3, -0.25) is 9.59 Å². The van der Waals surface area contributed by atoms with Gasteiger partial charge in [-0.2, -0.15) is 0 Å². The summed E-state index contributed by atoms with van der Waals surface area (Å²) in [7, 11) is 0. The molecule has 0 rings (SSSR count). The van der Waals surface area contributed by atoms with Crippen LogP contribution in [0, 0.1) is 11.8 Å². The van der Waals surface area contributed by atoms with Crippen LogP contribution in [-0.2, 0) is 9.59 Å². The number of nitrogens with two attached hydrogens (primary N) is 2. The largest absolute Gasteiger partial charge is 0.368 e. The van der Waals surface area contributed by atoms with Gasteiger partial charge in [-0.05, 0) is 12.3 Å². The van der Waals surface area contributed by atoms with Gasteiger partial charge >= 0.3 is 0 Å². The van der Waals surface area contributed by atoms with Crippen molar-refractivity contribution in [2.24, 2.45) is 23.3 Å².